The van der Waals surface area contributed by atoms with Crippen LogP contribution in [0.3, 0.4) is 0 Å². The van der Waals surface area contributed by atoms with Gasteiger partial charge in [-0.1, -0.05) is 12.5 Å². The summed E-state index contributed by atoms with van der Waals surface area (Å²) < 4.78 is 51.1. The van der Waals surface area contributed by atoms with Gasteiger partial charge in [0, 0.05) is 19.4 Å². The summed E-state index contributed by atoms with van der Waals surface area (Å²) in [6.07, 6.45) is 4.02. The Morgan fingerprint density at radius 3 is 2.48 bits per heavy atom. The monoisotopic (exact) mass is 685 g/mol. The molecule has 50 heavy (non-hydrogen) atoms. The zero-order valence-electron chi connectivity index (χ0n) is 28.2. The molecule has 2 aromatic carbocycles. The lowest BCUT2D eigenvalue weighted by Crippen LogP contribution is -2.23. The van der Waals surface area contributed by atoms with E-state index in [0.717, 1.165) is 60.6 Å². The second kappa shape index (κ2) is 14.3. The Morgan fingerprint density at radius 1 is 1.06 bits per heavy atom. The fourth-order valence-corrected chi connectivity index (χ4v) is 6.89. The van der Waals surface area contributed by atoms with Crippen molar-refractivity contribution < 1.29 is 22.4 Å². The van der Waals surface area contributed by atoms with E-state index >= 15 is 0 Å². The number of rotatable bonds is 11. The van der Waals surface area contributed by atoms with Crippen LogP contribution >= 0.6 is 0 Å². The Morgan fingerprint density at radius 2 is 1.80 bits per heavy atom. The molecule has 1 fully saturated rings. The molecule has 0 unspecified atom stereocenters. The molecule has 0 saturated heterocycles. The minimum absolute atomic E-state index is 0.0197. The summed E-state index contributed by atoms with van der Waals surface area (Å²) in [4.78, 5) is 34.6. The number of Topliss-reactive ketones (excluding diaryl/α,β-unsaturated/α-hetero) is 1. The molecule has 13 heteroatoms. The Labute approximate surface area is 287 Å². The van der Waals surface area contributed by atoms with Gasteiger partial charge in [-0.05, 0) is 101 Å². The lowest BCUT2D eigenvalue weighted by Gasteiger charge is -2.26. The molecule has 1 saturated carbocycles. The van der Waals surface area contributed by atoms with Crippen LogP contribution in [-0.4, -0.2) is 48.9 Å². The number of halogens is 3. The zero-order valence-corrected chi connectivity index (χ0v) is 28.2. The summed E-state index contributed by atoms with van der Waals surface area (Å²) in [6, 6.07) is 14.8. The molecule has 10 nitrogen and oxygen atoms in total. The van der Waals surface area contributed by atoms with Crippen LogP contribution in [0.4, 0.5) is 13.2 Å². The summed E-state index contributed by atoms with van der Waals surface area (Å²) in [5, 5.41) is 13.7. The van der Waals surface area contributed by atoms with E-state index in [1.54, 1.807) is 48.3 Å². The van der Waals surface area contributed by atoms with Gasteiger partial charge in [-0.2, -0.15) is 23.5 Å². The highest BCUT2D eigenvalue weighted by molar-refractivity contribution is 6.01. The third-order valence-corrected chi connectivity index (χ3v) is 9.35. The lowest BCUT2D eigenvalue weighted by molar-refractivity contribution is -0.137. The summed E-state index contributed by atoms with van der Waals surface area (Å²) in [5.74, 6) is 1.93. The quantitative estimate of drug-likeness (QED) is 0.134. The van der Waals surface area contributed by atoms with Crippen molar-refractivity contribution in [3.8, 4) is 28.8 Å². The maximum absolute atomic E-state index is 14.1. The Kier molecular flexibility index (Phi) is 9.93. The third-order valence-electron chi connectivity index (χ3n) is 9.35. The molecule has 5 aromatic rings. The van der Waals surface area contributed by atoms with Crippen molar-refractivity contribution >= 4 is 5.78 Å². The van der Waals surface area contributed by atoms with Crippen LogP contribution in [0.25, 0.3) is 22.8 Å². The van der Waals surface area contributed by atoms with Crippen LogP contribution in [0.1, 0.15) is 84.0 Å². The SMILES string of the molecule is CN(C)Cc1cnc(C2CCC(CCCC(=O)c3c(-c4ccnn4-c4ccc(C#N)cc4)n(C)n(-c4cccc(C(F)(F)F)c4)c3=O)CC2)o1. The topological polar surface area (TPSA) is 115 Å². The van der Waals surface area contributed by atoms with Gasteiger partial charge in [-0.3, -0.25) is 14.3 Å². The number of alkyl halides is 3. The predicted molar refractivity (Wildman–Crippen MR) is 180 cm³/mol. The zero-order chi connectivity index (χ0) is 35.6. The van der Waals surface area contributed by atoms with E-state index in [4.69, 9.17) is 4.42 Å². The number of nitrogens with zero attached hydrogens (tertiary/aromatic N) is 7. The number of benzene rings is 2. The van der Waals surface area contributed by atoms with Gasteiger partial charge in [0.1, 0.15) is 11.3 Å². The minimum Gasteiger partial charge on any atom is -0.444 e. The molecule has 0 amide bonds. The van der Waals surface area contributed by atoms with E-state index < -0.39 is 17.3 Å². The first-order valence-electron chi connectivity index (χ1n) is 16.6. The Bertz CT molecular complexity index is 2070. The van der Waals surface area contributed by atoms with Crippen molar-refractivity contribution in [2.45, 2.75) is 63.6 Å². The molecule has 0 N–H and O–H groups in total. The maximum atomic E-state index is 14.1. The largest absolute Gasteiger partial charge is 0.444 e. The highest BCUT2D eigenvalue weighted by Gasteiger charge is 2.33. The van der Waals surface area contributed by atoms with Crippen LogP contribution in [0.5, 0.6) is 0 Å². The number of hydrogen-bond donors (Lipinski definition) is 0. The number of carbonyl (C=O) groups is 1. The molecular weight excluding hydrogens is 647 g/mol. The maximum Gasteiger partial charge on any atom is 0.416 e. The molecule has 0 spiro atoms. The number of hydrogen-bond acceptors (Lipinski definition) is 7. The van der Waals surface area contributed by atoms with E-state index in [1.807, 2.05) is 19.0 Å². The van der Waals surface area contributed by atoms with Crippen molar-refractivity contribution in [1.82, 2.24) is 29.0 Å². The van der Waals surface area contributed by atoms with Crippen molar-refractivity contribution in [2.75, 3.05) is 14.1 Å². The summed E-state index contributed by atoms with van der Waals surface area (Å²) in [6.45, 7) is 0.697. The first-order valence-corrected chi connectivity index (χ1v) is 16.6. The number of oxazole rings is 1. The normalized spacial score (nSPS) is 16.5. The van der Waals surface area contributed by atoms with Gasteiger partial charge in [0.15, 0.2) is 11.7 Å². The van der Waals surface area contributed by atoms with E-state index in [1.165, 1.54) is 23.0 Å². The van der Waals surface area contributed by atoms with E-state index in [9.17, 15) is 28.0 Å². The molecule has 0 atom stereocenters. The van der Waals surface area contributed by atoms with Crippen molar-refractivity contribution in [3.05, 3.63) is 106 Å². The highest BCUT2D eigenvalue weighted by Crippen LogP contribution is 2.38. The van der Waals surface area contributed by atoms with Gasteiger partial charge < -0.3 is 9.32 Å². The second-order valence-corrected chi connectivity index (χ2v) is 13.1. The summed E-state index contributed by atoms with van der Waals surface area (Å²) >= 11 is 0. The lowest BCUT2D eigenvalue weighted by atomic mass is 9.79. The van der Waals surface area contributed by atoms with Crippen molar-refractivity contribution in [3.63, 3.8) is 0 Å². The molecule has 3 aromatic heterocycles. The van der Waals surface area contributed by atoms with Gasteiger partial charge in [0.25, 0.3) is 5.56 Å². The number of carbonyl (C=O) groups excluding carboxylic acids is 1. The van der Waals surface area contributed by atoms with Gasteiger partial charge >= 0.3 is 6.18 Å². The van der Waals surface area contributed by atoms with Crippen LogP contribution < -0.4 is 5.56 Å². The number of aromatic nitrogens is 5. The number of nitriles is 1. The minimum atomic E-state index is -4.62. The molecule has 0 aliphatic heterocycles. The molecule has 6 rings (SSSR count). The van der Waals surface area contributed by atoms with Gasteiger partial charge in [0.2, 0.25) is 0 Å². The average molecular weight is 686 g/mol. The predicted octanol–water partition coefficient (Wildman–Crippen LogP) is 7.30. The van der Waals surface area contributed by atoms with Crippen LogP contribution in [0.15, 0.2) is 76.2 Å². The van der Waals surface area contributed by atoms with Crippen LogP contribution in [0, 0.1) is 17.2 Å². The van der Waals surface area contributed by atoms with Crippen LogP contribution in [-0.2, 0) is 19.8 Å². The van der Waals surface area contributed by atoms with Gasteiger partial charge in [-0.15, -0.1) is 0 Å². The van der Waals surface area contributed by atoms with Gasteiger partial charge in [-0.25, -0.2) is 14.3 Å². The van der Waals surface area contributed by atoms with E-state index in [-0.39, 0.29) is 35.1 Å². The first kappa shape index (κ1) is 34.6. The number of ketones is 1. The van der Waals surface area contributed by atoms with Crippen molar-refractivity contribution in [1.29, 1.82) is 5.26 Å². The first-order chi connectivity index (χ1) is 23.9. The van der Waals surface area contributed by atoms with Gasteiger partial charge in [0.05, 0.1) is 58.9 Å². The molecule has 0 radical (unpaired) electrons. The van der Waals surface area contributed by atoms with E-state index in [2.05, 4.69) is 16.2 Å². The average Bonchev–Trinajstić information content (AvgIpc) is 3.82. The summed E-state index contributed by atoms with van der Waals surface area (Å²) in [5.41, 5.74) is -0.0830. The fraction of sp³-hybridized carbons (Fsp3) is 0.378. The fourth-order valence-electron chi connectivity index (χ4n) is 6.89. The third kappa shape index (κ3) is 7.21. The Balaban J connectivity index is 1.25. The molecule has 3 heterocycles. The molecule has 1 aliphatic carbocycles. The van der Waals surface area contributed by atoms with E-state index in [0.29, 0.717) is 35.8 Å². The highest BCUT2D eigenvalue weighted by atomic mass is 19.4. The Hall–Kier alpha value is -5.22. The smallest absolute Gasteiger partial charge is 0.416 e. The van der Waals surface area contributed by atoms with Crippen LogP contribution in [0.2, 0.25) is 0 Å². The molecule has 1 aliphatic rings. The van der Waals surface area contributed by atoms with Crippen molar-refractivity contribution in [2.24, 2.45) is 13.0 Å². The molecular formula is C37H38F3N7O3. The molecule has 0 bridgehead atoms. The molecule has 260 valence electrons. The standard InChI is InChI=1S/C37H38F3N7O3/c1-44(2)23-30-22-42-35(50-30)26-14-10-24(11-15-26)6-4-9-32(48)33-34(31-18-19-43-46(31)28-16-12-25(21-41)13-17-28)45(3)47(36(33)49)29-8-5-7-27(20-29)37(38,39)40/h5,7-8,12-13,16-20,22,24,26H,4,6,9-11,14-15,23H2,1-3H3. The second-order valence-electron chi connectivity index (χ2n) is 13.1. The summed E-state index contributed by atoms with van der Waals surface area (Å²) in [7, 11) is 5.50.